The zero-order chi connectivity index (χ0) is 19.0. The molecule has 0 saturated heterocycles. The van der Waals surface area contributed by atoms with Crippen LogP contribution < -0.4 is 16.0 Å². The summed E-state index contributed by atoms with van der Waals surface area (Å²) in [7, 11) is -3.77. The number of para-hydroxylation sites is 1. The number of H-pyrrole nitrogens is 3. The van der Waals surface area contributed by atoms with Crippen molar-refractivity contribution >= 4 is 32.0 Å². The minimum Gasteiger partial charge on any atom is -0.322 e. The lowest BCUT2D eigenvalue weighted by Crippen LogP contribution is -2.27. The molecule has 138 valence electrons. The van der Waals surface area contributed by atoms with E-state index in [2.05, 4.69) is 19.7 Å². The van der Waals surface area contributed by atoms with Crippen molar-refractivity contribution in [3.05, 3.63) is 74.9 Å². The standard InChI is InChI=1S/C18H16N4O4S/c23-17-12(9-11-3-1-2-4-14(11)20-17)7-8-19-27(25,26)13-5-6-15-16(10-13)22-18(24)21-15/h1-6,9-10,19H,7-8H2,(H,20,23)(H2,21,22,24). The predicted molar refractivity (Wildman–Crippen MR) is 102 cm³/mol. The van der Waals surface area contributed by atoms with Crippen molar-refractivity contribution in [3.63, 3.8) is 0 Å². The highest BCUT2D eigenvalue weighted by atomic mass is 32.2. The van der Waals surface area contributed by atoms with E-state index in [4.69, 9.17) is 0 Å². The fourth-order valence-electron chi connectivity index (χ4n) is 2.96. The van der Waals surface area contributed by atoms with Gasteiger partial charge in [0.2, 0.25) is 10.0 Å². The summed E-state index contributed by atoms with van der Waals surface area (Å²) in [4.78, 5) is 31.3. The Hall–Kier alpha value is -3.17. The highest BCUT2D eigenvalue weighted by molar-refractivity contribution is 7.89. The summed E-state index contributed by atoms with van der Waals surface area (Å²) in [6, 6.07) is 13.5. The third-order valence-electron chi connectivity index (χ3n) is 4.31. The number of sulfonamides is 1. The lowest BCUT2D eigenvalue weighted by molar-refractivity contribution is 0.581. The highest BCUT2D eigenvalue weighted by Gasteiger charge is 2.15. The quantitative estimate of drug-likeness (QED) is 0.412. The van der Waals surface area contributed by atoms with E-state index in [1.165, 1.54) is 18.2 Å². The molecule has 0 spiro atoms. The van der Waals surface area contributed by atoms with Crippen LogP contribution in [-0.4, -0.2) is 29.9 Å². The Morgan fingerprint density at radius 3 is 2.48 bits per heavy atom. The molecule has 4 rings (SSSR count). The molecule has 4 aromatic rings. The normalized spacial score (nSPS) is 12.0. The predicted octanol–water partition coefficient (Wildman–Crippen LogP) is 1.22. The fourth-order valence-corrected chi connectivity index (χ4v) is 4.02. The number of aromatic amines is 3. The lowest BCUT2D eigenvalue weighted by Gasteiger charge is -2.07. The van der Waals surface area contributed by atoms with Gasteiger partial charge < -0.3 is 15.0 Å². The highest BCUT2D eigenvalue weighted by Crippen LogP contribution is 2.15. The number of benzene rings is 2. The maximum Gasteiger partial charge on any atom is 0.323 e. The van der Waals surface area contributed by atoms with Crippen LogP contribution in [0.25, 0.3) is 21.9 Å². The van der Waals surface area contributed by atoms with E-state index in [0.717, 1.165) is 10.9 Å². The van der Waals surface area contributed by atoms with E-state index in [1.807, 2.05) is 24.3 Å². The first-order chi connectivity index (χ1) is 12.9. The molecule has 0 aliphatic rings. The summed E-state index contributed by atoms with van der Waals surface area (Å²) >= 11 is 0. The molecule has 0 amide bonds. The molecule has 0 radical (unpaired) electrons. The molecule has 0 aliphatic carbocycles. The van der Waals surface area contributed by atoms with E-state index < -0.39 is 15.7 Å². The van der Waals surface area contributed by atoms with Crippen molar-refractivity contribution in [2.75, 3.05) is 6.54 Å². The minimum atomic E-state index is -3.77. The first kappa shape index (κ1) is 17.3. The Kier molecular flexibility index (Phi) is 4.17. The maximum absolute atomic E-state index is 12.5. The van der Waals surface area contributed by atoms with E-state index in [1.54, 1.807) is 6.07 Å². The Labute approximate surface area is 153 Å². The first-order valence-corrected chi connectivity index (χ1v) is 9.73. The summed E-state index contributed by atoms with van der Waals surface area (Å²) in [5, 5.41) is 0.886. The smallest absolute Gasteiger partial charge is 0.322 e. The van der Waals surface area contributed by atoms with Crippen molar-refractivity contribution in [1.29, 1.82) is 0 Å². The fraction of sp³-hybridized carbons (Fsp3) is 0.111. The van der Waals surface area contributed by atoms with Crippen LogP contribution in [-0.2, 0) is 16.4 Å². The summed E-state index contributed by atoms with van der Waals surface area (Å²) < 4.78 is 27.4. The van der Waals surface area contributed by atoms with E-state index in [9.17, 15) is 18.0 Å². The van der Waals surface area contributed by atoms with Crippen molar-refractivity contribution in [1.82, 2.24) is 19.7 Å². The van der Waals surface area contributed by atoms with Gasteiger partial charge in [0.15, 0.2) is 0 Å². The van der Waals surface area contributed by atoms with Gasteiger partial charge in [0.25, 0.3) is 5.56 Å². The van der Waals surface area contributed by atoms with Gasteiger partial charge in [0, 0.05) is 17.6 Å². The van der Waals surface area contributed by atoms with Crippen LogP contribution in [0.15, 0.2) is 63.0 Å². The molecule has 0 aliphatic heterocycles. The van der Waals surface area contributed by atoms with E-state index >= 15 is 0 Å². The third-order valence-corrected chi connectivity index (χ3v) is 5.77. The number of hydrogen-bond donors (Lipinski definition) is 4. The molecule has 27 heavy (non-hydrogen) atoms. The largest absolute Gasteiger partial charge is 0.323 e. The second kappa shape index (κ2) is 6.53. The van der Waals surface area contributed by atoms with Crippen LogP contribution in [0.1, 0.15) is 5.56 Å². The molecule has 0 atom stereocenters. The van der Waals surface area contributed by atoms with E-state index in [0.29, 0.717) is 16.6 Å². The van der Waals surface area contributed by atoms with Gasteiger partial charge in [-0.1, -0.05) is 18.2 Å². The molecule has 4 N–H and O–H groups in total. The van der Waals surface area contributed by atoms with Gasteiger partial charge in [-0.05, 0) is 42.1 Å². The molecule has 2 aromatic heterocycles. The second-order valence-electron chi connectivity index (χ2n) is 6.15. The number of imidazole rings is 1. The van der Waals surface area contributed by atoms with Gasteiger partial charge in [-0.15, -0.1) is 0 Å². The van der Waals surface area contributed by atoms with Crippen LogP contribution in [0.5, 0.6) is 0 Å². The SMILES string of the molecule is O=c1[nH]c2ccc(S(=O)(=O)NCCc3cc4ccccc4[nH]c3=O)cc2[nH]1. The number of pyridine rings is 1. The topological polar surface area (TPSA) is 128 Å². The number of aromatic nitrogens is 3. The van der Waals surface area contributed by atoms with Gasteiger partial charge in [-0.2, -0.15) is 0 Å². The van der Waals surface area contributed by atoms with Crippen LogP contribution in [0.4, 0.5) is 0 Å². The van der Waals surface area contributed by atoms with Crippen LogP contribution in [0.3, 0.4) is 0 Å². The van der Waals surface area contributed by atoms with Gasteiger partial charge >= 0.3 is 5.69 Å². The van der Waals surface area contributed by atoms with Gasteiger partial charge in [0.05, 0.1) is 15.9 Å². The molecule has 2 heterocycles. The number of fused-ring (bicyclic) bond motifs is 2. The van der Waals surface area contributed by atoms with Gasteiger partial charge in [-0.25, -0.2) is 17.9 Å². The summed E-state index contributed by atoms with van der Waals surface area (Å²) in [5.74, 6) is 0. The molecule has 0 fully saturated rings. The molecule has 8 nitrogen and oxygen atoms in total. The first-order valence-electron chi connectivity index (χ1n) is 8.25. The molecule has 0 unspecified atom stereocenters. The molecule has 0 bridgehead atoms. The monoisotopic (exact) mass is 384 g/mol. The number of rotatable bonds is 5. The summed E-state index contributed by atoms with van der Waals surface area (Å²) in [5.41, 5.74) is 1.54. The zero-order valence-corrected chi connectivity index (χ0v) is 14.9. The molecule has 2 aromatic carbocycles. The molecule has 0 saturated carbocycles. The average Bonchev–Trinajstić information content (AvgIpc) is 3.01. The Morgan fingerprint density at radius 1 is 0.852 bits per heavy atom. The molecular formula is C18H16N4O4S. The summed E-state index contributed by atoms with van der Waals surface area (Å²) in [6.45, 7) is 0.0748. The van der Waals surface area contributed by atoms with Crippen molar-refractivity contribution in [2.45, 2.75) is 11.3 Å². The van der Waals surface area contributed by atoms with Crippen LogP contribution in [0.2, 0.25) is 0 Å². The number of hydrogen-bond acceptors (Lipinski definition) is 4. The van der Waals surface area contributed by atoms with Crippen LogP contribution >= 0.6 is 0 Å². The van der Waals surface area contributed by atoms with Crippen molar-refractivity contribution in [2.24, 2.45) is 0 Å². The average molecular weight is 384 g/mol. The lowest BCUT2D eigenvalue weighted by atomic mass is 10.1. The van der Waals surface area contributed by atoms with Gasteiger partial charge in [0.1, 0.15) is 0 Å². The van der Waals surface area contributed by atoms with Crippen LogP contribution in [0, 0.1) is 0 Å². The van der Waals surface area contributed by atoms with E-state index in [-0.39, 0.29) is 23.4 Å². The maximum atomic E-state index is 12.5. The molecule has 9 heteroatoms. The Morgan fingerprint density at radius 2 is 1.63 bits per heavy atom. The zero-order valence-electron chi connectivity index (χ0n) is 14.1. The second-order valence-corrected chi connectivity index (χ2v) is 7.91. The minimum absolute atomic E-state index is 0.0395. The van der Waals surface area contributed by atoms with Gasteiger partial charge in [-0.3, -0.25) is 4.79 Å². The van der Waals surface area contributed by atoms with Crippen molar-refractivity contribution < 1.29 is 8.42 Å². The summed E-state index contributed by atoms with van der Waals surface area (Å²) in [6.07, 6.45) is 0.253. The number of nitrogens with one attached hydrogen (secondary N) is 4. The molecular weight excluding hydrogens is 368 g/mol. The Balaban J connectivity index is 1.52. The third kappa shape index (κ3) is 3.42. The Bertz CT molecular complexity index is 1370. The van der Waals surface area contributed by atoms with Crippen molar-refractivity contribution in [3.8, 4) is 0 Å².